The van der Waals surface area contributed by atoms with Crippen molar-refractivity contribution in [2.45, 2.75) is 26.8 Å². The summed E-state index contributed by atoms with van der Waals surface area (Å²) in [7, 11) is 0. The predicted octanol–water partition coefficient (Wildman–Crippen LogP) is 1.10. The minimum absolute atomic E-state index is 0.00712. The highest BCUT2D eigenvalue weighted by atomic mass is 16.2. The Kier molecular flexibility index (Phi) is 5.53. The van der Waals surface area contributed by atoms with Gasteiger partial charge in [0.2, 0.25) is 5.82 Å². The van der Waals surface area contributed by atoms with Crippen LogP contribution in [-0.2, 0) is 11.3 Å². The Hall–Kier alpha value is -3.49. The molecule has 2 aromatic heterocycles. The number of aromatic nitrogens is 4. The van der Waals surface area contributed by atoms with Crippen molar-refractivity contribution in [3.63, 3.8) is 0 Å². The summed E-state index contributed by atoms with van der Waals surface area (Å²) < 4.78 is 1.39. The first-order valence-electron chi connectivity index (χ1n) is 9.01. The number of rotatable bonds is 7. The maximum absolute atomic E-state index is 12.4. The molecular weight excluding hydrogens is 360 g/mol. The largest absolute Gasteiger partial charge is 0.382 e. The molecule has 0 spiro atoms. The van der Waals surface area contributed by atoms with Crippen LogP contribution in [0.15, 0.2) is 35.1 Å². The van der Waals surface area contributed by atoms with E-state index in [0.717, 1.165) is 5.56 Å². The SMILES string of the molecule is CCC(C)C(=O)CNC(=O)c1nc(N)c2[nH]c(=O)n(Cc3ccccc3)c2n1. The number of ketones is 1. The number of carbonyl (C=O) groups excluding carboxylic acids is 2. The van der Waals surface area contributed by atoms with E-state index in [-0.39, 0.29) is 47.6 Å². The summed E-state index contributed by atoms with van der Waals surface area (Å²) in [5.41, 5.74) is 6.92. The van der Waals surface area contributed by atoms with Gasteiger partial charge in [-0.25, -0.2) is 14.8 Å². The summed E-state index contributed by atoms with van der Waals surface area (Å²) in [6.07, 6.45) is 0.694. The van der Waals surface area contributed by atoms with E-state index in [9.17, 15) is 14.4 Å². The van der Waals surface area contributed by atoms with Crippen LogP contribution in [0, 0.1) is 5.92 Å². The Labute approximate surface area is 161 Å². The van der Waals surface area contributed by atoms with Gasteiger partial charge in [0, 0.05) is 5.92 Å². The zero-order chi connectivity index (χ0) is 20.3. The van der Waals surface area contributed by atoms with E-state index in [1.807, 2.05) is 37.3 Å². The summed E-state index contributed by atoms with van der Waals surface area (Å²) in [4.78, 5) is 47.5. The molecule has 28 heavy (non-hydrogen) atoms. The molecule has 0 radical (unpaired) electrons. The van der Waals surface area contributed by atoms with Crippen molar-refractivity contribution >= 4 is 28.7 Å². The molecule has 2 heterocycles. The predicted molar refractivity (Wildman–Crippen MR) is 105 cm³/mol. The third kappa shape index (κ3) is 3.93. The summed E-state index contributed by atoms with van der Waals surface area (Å²) in [5, 5.41) is 2.52. The number of benzene rings is 1. The third-order valence-electron chi connectivity index (χ3n) is 4.62. The highest BCUT2D eigenvalue weighted by Gasteiger charge is 2.19. The molecule has 1 aromatic carbocycles. The van der Waals surface area contributed by atoms with Gasteiger partial charge in [-0.2, -0.15) is 0 Å². The Balaban J connectivity index is 1.90. The summed E-state index contributed by atoms with van der Waals surface area (Å²) in [5.74, 6) is -1.04. The van der Waals surface area contributed by atoms with Crippen LogP contribution in [0.25, 0.3) is 11.2 Å². The number of nitrogens with zero attached hydrogens (tertiary/aromatic N) is 3. The molecule has 0 saturated carbocycles. The molecule has 146 valence electrons. The third-order valence-corrected chi connectivity index (χ3v) is 4.62. The fourth-order valence-electron chi connectivity index (χ4n) is 2.71. The summed E-state index contributed by atoms with van der Waals surface area (Å²) in [6.45, 7) is 3.86. The van der Waals surface area contributed by atoms with E-state index in [2.05, 4.69) is 20.3 Å². The molecule has 1 unspecified atom stereocenters. The van der Waals surface area contributed by atoms with Crippen molar-refractivity contribution < 1.29 is 9.59 Å². The molecule has 0 saturated heterocycles. The van der Waals surface area contributed by atoms with Crippen LogP contribution in [0.1, 0.15) is 36.5 Å². The number of nitrogens with two attached hydrogens (primary N) is 1. The monoisotopic (exact) mass is 382 g/mol. The molecule has 9 nitrogen and oxygen atoms in total. The second kappa shape index (κ2) is 8.03. The van der Waals surface area contributed by atoms with Crippen molar-refractivity contribution in [2.24, 2.45) is 5.92 Å². The van der Waals surface area contributed by atoms with Crippen LogP contribution in [0.4, 0.5) is 5.82 Å². The van der Waals surface area contributed by atoms with Crippen LogP contribution in [0.5, 0.6) is 0 Å². The Bertz CT molecular complexity index is 1070. The van der Waals surface area contributed by atoms with Crippen molar-refractivity contribution in [2.75, 3.05) is 12.3 Å². The zero-order valence-corrected chi connectivity index (χ0v) is 15.7. The average Bonchev–Trinajstić information content (AvgIpc) is 3.02. The maximum atomic E-state index is 12.4. The lowest BCUT2D eigenvalue weighted by molar-refractivity contribution is -0.121. The van der Waals surface area contributed by atoms with E-state index in [0.29, 0.717) is 6.42 Å². The number of hydrogen-bond acceptors (Lipinski definition) is 6. The number of anilines is 1. The molecule has 3 aromatic rings. The van der Waals surface area contributed by atoms with E-state index in [1.54, 1.807) is 6.92 Å². The first-order valence-corrected chi connectivity index (χ1v) is 9.01. The fraction of sp³-hybridized carbons (Fsp3) is 0.316. The average molecular weight is 382 g/mol. The quantitative estimate of drug-likeness (QED) is 0.560. The summed E-state index contributed by atoms with van der Waals surface area (Å²) in [6, 6.07) is 9.37. The van der Waals surface area contributed by atoms with Crippen molar-refractivity contribution in [1.82, 2.24) is 24.8 Å². The lowest BCUT2D eigenvalue weighted by atomic mass is 10.0. The van der Waals surface area contributed by atoms with E-state index in [4.69, 9.17) is 5.73 Å². The fourth-order valence-corrected chi connectivity index (χ4v) is 2.71. The number of amides is 1. The van der Waals surface area contributed by atoms with Crippen LogP contribution in [-0.4, -0.2) is 37.8 Å². The highest BCUT2D eigenvalue weighted by Crippen LogP contribution is 2.15. The normalized spacial score (nSPS) is 12.1. The number of Topliss-reactive ketones (excluding diaryl/α,β-unsaturated/α-hetero) is 1. The molecule has 0 aliphatic carbocycles. The van der Waals surface area contributed by atoms with Gasteiger partial charge in [0.15, 0.2) is 17.2 Å². The van der Waals surface area contributed by atoms with Crippen LogP contribution in [0.2, 0.25) is 0 Å². The van der Waals surface area contributed by atoms with Crippen molar-refractivity contribution in [3.05, 3.63) is 52.2 Å². The van der Waals surface area contributed by atoms with Gasteiger partial charge in [-0.05, 0) is 12.0 Å². The van der Waals surface area contributed by atoms with E-state index < -0.39 is 11.6 Å². The number of nitrogen functional groups attached to an aromatic ring is 1. The minimum atomic E-state index is -0.620. The second-order valence-corrected chi connectivity index (χ2v) is 6.59. The van der Waals surface area contributed by atoms with Gasteiger partial charge in [0.05, 0.1) is 13.1 Å². The molecule has 4 N–H and O–H groups in total. The molecule has 0 aliphatic rings. The molecule has 9 heteroatoms. The number of imidazole rings is 1. The number of nitrogens with one attached hydrogen (secondary N) is 2. The van der Waals surface area contributed by atoms with Crippen molar-refractivity contribution in [3.8, 4) is 0 Å². The lowest BCUT2D eigenvalue weighted by Gasteiger charge is -2.09. The Morgan fingerprint density at radius 3 is 2.64 bits per heavy atom. The van der Waals surface area contributed by atoms with E-state index in [1.165, 1.54) is 4.57 Å². The molecule has 1 atom stereocenters. The van der Waals surface area contributed by atoms with E-state index >= 15 is 0 Å². The van der Waals surface area contributed by atoms with Gasteiger partial charge >= 0.3 is 5.69 Å². The number of aromatic amines is 1. The van der Waals surface area contributed by atoms with Gasteiger partial charge in [0.25, 0.3) is 5.91 Å². The van der Waals surface area contributed by atoms with Gasteiger partial charge in [-0.3, -0.25) is 14.2 Å². The van der Waals surface area contributed by atoms with Gasteiger partial charge in [0.1, 0.15) is 5.52 Å². The molecule has 1 amide bonds. The highest BCUT2D eigenvalue weighted by molar-refractivity contribution is 5.96. The molecule has 0 fully saturated rings. The van der Waals surface area contributed by atoms with Crippen molar-refractivity contribution in [1.29, 1.82) is 0 Å². The summed E-state index contributed by atoms with van der Waals surface area (Å²) >= 11 is 0. The first kappa shape index (κ1) is 19.3. The lowest BCUT2D eigenvalue weighted by Crippen LogP contribution is -2.33. The molecule has 3 rings (SSSR count). The van der Waals surface area contributed by atoms with Gasteiger partial charge in [-0.1, -0.05) is 44.2 Å². The number of carbonyl (C=O) groups is 2. The maximum Gasteiger partial charge on any atom is 0.328 e. The molecular formula is C19H22N6O3. The standard InChI is InChI=1S/C19H22N6O3/c1-3-11(2)13(26)9-21-18(27)16-23-15(20)14-17(24-16)25(19(28)22-14)10-12-7-5-4-6-8-12/h4-8,11H,3,9-10H2,1-2H3,(H,21,27)(H,22,28)(H2,20,23,24). The molecule has 0 bridgehead atoms. The van der Waals surface area contributed by atoms with Crippen LogP contribution < -0.4 is 16.7 Å². The number of H-pyrrole nitrogens is 1. The zero-order valence-electron chi connectivity index (χ0n) is 15.7. The number of hydrogen-bond donors (Lipinski definition) is 3. The second-order valence-electron chi connectivity index (χ2n) is 6.59. The van der Waals surface area contributed by atoms with Gasteiger partial charge < -0.3 is 16.0 Å². The first-order chi connectivity index (χ1) is 13.4. The smallest absolute Gasteiger partial charge is 0.328 e. The minimum Gasteiger partial charge on any atom is -0.382 e. The Morgan fingerprint density at radius 1 is 1.25 bits per heavy atom. The number of fused-ring (bicyclic) bond motifs is 1. The van der Waals surface area contributed by atoms with Crippen LogP contribution in [0.3, 0.4) is 0 Å². The van der Waals surface area contributed by atoms with Gasteiger partial charge in [-0.15, -0.1) is 0 Å². The van der Waals surface area contributed by atoms with Crippen LogP contribution >= 0.6 is 0 Å². The molecule has 0 aliphatic heterocycles. The topological polar surface area (TPSA) is 136 Å². The Morgan fingerprint density at radius 2 is 1.96 bits per heavy atom.